The van der Waals surface area contributed by atoms with Gasteiger partial charge < -0.3 is 5.32 Å². The summed E-state index contributed by atoms with van der Waals surface area (Å²) >= 11 is 7.09. The van der Waals surface area contributed by atoms with Crippen LogP contribution in [0.1, 0.15) is 24.2 Å². The SMILES string of the molecule is CC(C)C(NC(=O)c1ccc([N+](=O)[O-])cc1Cl)C(=O)Nc1nncs1. The summed E-state index contributed by atoms with van der Waals surface area (Å²) in [7, 11) is 0. The van der Waals surface area contributed by atoms with Gasteiger partial charge in [0.1, 0.15) is 11.6 Å². The Morgan fingerprint density at radius 2 is 2.08 bits per heavy atom. The van der Waals surface area contributed by atoms with Crippen LogP contribution in [0.5, 0.6) is 0 Å². The van der Waals surface area contributed by atoms with E-state index < -0.39 is 22.8 Å². The van der Waals surface area contributed by atoms with Crippen LogP contribution in [0.3, 0.4) is 0 Å². The smallest absolute Gasteiger partial charge is 0.270 e. The molecule has 2 N–H and O–H groups in total. The summed E-state index contributed by atoms with van der Waals surface area (Å²) < 4.78 is 0. The number of hydrogen-bond donors (Lipinski definition) is 2. The van der Waals surface area contributed by atoms with E-state index in [-0.39, 0.29) is 22.2 Å². The van der Waals surface area contributed by atoms with Crippen LogP contribution in [0.15, 0.2) is 23.7 Å². The quantitative estimate of drug-likeness (QED) is 0.582. The summed E-state index contributed by atoms with van der Waals surface area (Å²) in [5, 5.41) is 23.5. The minimum atomic E-state index is -0.845. The molecule has 0 saturated carbocycles. The third kappa shape index (κ3) is 4.70. The maximum Gasteiger partial charge on any atom is 0.270 e. The molecule has 1 aromatic heterocycles. The van der Waals surface area contributed by atoms with E-state index in [4.69, 9.17) is 11.6 Å². The molecule has 0 aliphatic heterocycles. The van der Waals surface area contributed by atoms with Gasteiger partial charge in [0.25, 0.3) is 11.6 Å². The van der Waals surface area contributed by atoms with E-state index in [0.29, 0.717) is 5.13 Å². The van der Waals surface area contributed by atoms with Gasteiger partial charge in [0.2, 0.25) is 11.0 Å². The van der Waals surface area contributed by atoms with Crippen LogP contribution in [-0.2, 0) is 4.79 Å². The van der Waals surface area contributed by atoms with Gasteiger partial charge in [0, 0.05) is 12.1 Å². The van der Waals surface area contributed by atoms with Gasteiger partial charge in [-0.25, -0.2) is 0 Å². The van der Waals surface area contributed by atoms with E-state index in [9.17, 15) is 19.7 Å². The molecule has 0 radical (unpaired) electrons. The topological polar surface area (TPSA) is 127 Å². The third-order valence-electron chi connectivity index (χ3n) is 3.23. The lowest BCUT2D eigenvalue weighted by Gasteiger charge is -2.21. The Hall–Kier alpha value is -2.59. The maximum absolute atomic E-state index is 12.4. The lowest BCUT2D eigenvalue weighted by atomic mass is 10.0. The predicted molar refractivity (Wildman–Crippen MR) is 92.7 cm³/mol. The van der Waals surface area contributed by atoms with E-state index in [1.165, 1.54) is 17.6 Å². The van der Waals surface area contributed by atoms with Crippen LogP contribution in [0.4, 0.5) is 10.8 Å². The number of nitro groups is 1. The van der Waals surface area contributed by atoms with Gasteiger partial charge in [-0.2, -0.15) is 0 Å². The van der Waals surface area contributed by atoms with Gasteiger partial charge in [-0.15, -0.1) is 10.2 Å². The monoisotopic (exact) mass is 383 g/mol. The highest BCUT2D eigenvalue weighted by atomic mass is 35.5. The van der Waals surface area contributed by atoms with Crippen molar-refractivity contribution in [3.8, 4) is 0 Å². The molecule has 0 aliphatic carbocycles. The highest BCUT2D eigenvalue weighted by Gasteiger charge is 2.26. The second-order valence-corrected chi connectivity index (χ2v) is 6.59. The first-order chi connectivity index (χ1) is 11.8. The first-order valence-electron chi connectivity index (χ1n) is 7.11. The van der Waals surface area contributed by atoms with Crippen molar-refractivity contribution in [2.24, 2.45) is 5.92 Å². The molecule has 2 amide bonds. The normalized spacial score (nSPS) is 11.8. The third-order valence-corrected chi connectivity index (χ3v) is 4.15. The number of halogens is 1. The fourth-order valence-corrected chi connectivity index (χ4v) is 2.67. The molecule has 1 unspecified atom stereocenters. The van der Waals surface area contributed by atoms with Crippen LogP contribution in [0.2, 0.25) is 5.02 Å². The largest absolute Gasteiger partial charge is 0.340 e. The number of hydrogen-bond acceptors (Lipinski definition) is 7. The van der Waals surface area contributed by atoms with Crippen molar-refractivity contribution in [2.75, 3.05) is 5.32 Å². The summed E-state index contributed by atoms with van der Waals surface area (Å²) in [5.41, 5.74) is 1.28. The minimum Gasteiger partial charge on any atom is -0.340 e. The number of benzene rings is 1. The number of nitrogens with zero attached hydrogens (tertiary/aromatic N) is 3. The van der Waals surface area contributed by atoms with Gasteiger partial charge >= 0.3 is 0 Å². The summed E-state index contributed by atoms with van der Waals surface area (Å²) in [5.74, 6) is -1.27. The number of carbonyl (C=O) groups is 2. The van der Waals surface area contributed by atoms with Crippen molar-refractivity contribution in [1.29, 1.82) is 0 Å². The number of amides is 2. The van der Waals surface area contributed by atoms with Crippen LogP contribution >= 0.6 is 22.9 Å². The highest BCUT2D eigenvalue weighted by Crippen LogP contribution is 2.23. The summed E-state index contributed by atoms with van der Waals surface area (Å²) in [6.07, 6.45) is 0. The molecule has 1 atom stereocenters. The van der Waals surface area contributed by atoms with Gasteiger partial charge in [-0.3, -0.25) is 25.0 Å². The first-order valence-corrected chi connectivity index (χ1v) is 8.37. The zero-order valence-corrected chi connectivity index (χ0v) is 14.8. The van der Waals surface area contributed by atoms with Crippen LogP contribution < -0.4 is 10.6 Å². The zero-order valence-electron chi connectivity index (χ0n) is 13.2. The van der Waals surface area contributed by atoms with Crippen molar-refractivity contribution < 1.29 is 14.5 Å². The standard InChI is InChI=1S/C14H14ClN5O4S/c1-7(2)11(13(22)18-14-19-16-6-25-14)17-12(21)9-4-3-8(20(23)24)5-10(9)15/h3-7,11H,1-2H3,(H,17,21)(H,18,19,22). The molecule has 9 nitrogen and oxygen atoms in total. The molecule has 11 heteroatoms. The van der Waals surface area contributed by atoms with Crippen molar-refractivity contribution in [1.82, 2.24) is 15.5 Å². The fourth-order valence-electron chi connectivity index (χ4n) is 1.97. The Morgan fingerprint density at radius 3 is 2.60 bits per heavy atom. The molecule has 0 spiro atoms. The summed E-state index contributed by atoms with van der Waals surface area (Å²) in [6, 6.07) is 2.66. The van der Waals surface area contributed by atoms with E-state index in [1.54, 1.807) is 13.8 Å². The summed E-state index contributed by atoms with van der Waals surface area (Å²) in [4.78, 5) is 34.8. The number of aromatic nitrogens is 2. The number of anilines is 1. The summed E-state index contributed by atoms with van der Waals surface area (Å²) in [6.45, 7) is 3.53. The molecule has 0 saturated heterocycles. The number of rotatable bonds is 6. The predicted octanol–water partition coefficient (Wildman–Crippen LogP) is 2.49. The Bertz CT molecular complexity index is 797. The molecule has 1 heterocycles. The van der Waals surface area contributed by atoms with Gasteiger partial charge in [0.05, 0.1) is 15.5 Å². The number of non-ortho nitro benzene ring substituents is 1. The first kappa shape index (κ1) is 18.7. The van der Waals surface area contributed by atoms with E-state index in [0.717, 1.165) is 17.4 Å². The van der Waals surface area contributed by atoms with E-state index in [2.05, 4.69) is 20.8 Å². The molecule has 0 fully saturated rings. The zero-order chi connectivity index (χ0) is 18.6. The van der Waals surface area contributed by atoms with Crippen molar-refractivity contribution in [3.05, 3.63) is 44.4 Å². The Kier molecular flexibility index (Phi) is 5.99. The average Bonchev–Trinajstić information content (AvgIpc) is 3.04. The Morgan fingerprint density at radius 1 is 1.36 bits per heavy atom. The lowest BCUT2D eigenvalue weighted by molar-refractivity contribution is -0.384. The average molecular weight is 384 g/mol. The fraction of sp³-hybridized carbons (Fsp3) is 0.286. The van der Waals surface area contributed by atoms with Crippen molar-refractivity contribution in [3.63, 3.8) is 0 Å². The Labute approximate surface area is 151 Å². The number of nitrogens with one attached hydrogen (secondary N) is 2. The van der Waals surface area contributed by atoms with Crippen LogP contribution in [0, 0.1) is 16.0 Å². The van der Waals surface area contributed by atoms with Crippen LogP contribution in [0.25, 0.3) is 0 Å². The van der Waals surface area contributed by atoms with E-state index in [1.807, 2.05) is 0 Å². The lowest BCUT2D eigenvalue weighted by Crippen LogP contribution is -2.47. The molecule has 2 rings (SSSR count). The van der Waals surface area contributed by atoms with Gasteiger partial charge in [0.15, 0.2) is 0 Å². The minimum absolute atomic E-state index is 0.0432. The molecule has 0 aliphatic rings. The second-order valence-electron chi connectivity index (χ2n) is 5.35. The van der Waals surface area contributed by atoms with Gasteiger partial charge in [-0.05, 0) is 12.0 Å². The molecule has 2 aromatic rings. The maximum atomic E-state index is 12.4. The second kappa shape index (κ2) is 7.99. The van der Waals surface area contributed by atoms with E-state index >= 15 is 0 Å². The molecular formula is C14H14ClN5O4S. The number of carbonyl (C=O) groups excluding carboxylic acids is 2. The molecule has 25 heavy (non-hydrogen) atoms. The Balaban J connectivity index is 2.15. The van der Waals surface area contributed by atoms with Gasteiger partial charge in [-0.1, -0.05) is 36.8 Å². The van der Waals surface area contributed by atoms with Crippen LogP contribution in [-0.4, -0.2) is 33.0 Å². The van der Waals surface area contributed by atoms with Crippen molar-refractivity contribution >= 4 is 45.6 Å². The molecule has 132 valence electrons. The molecule has 1 aromatic carbocycles. The van der Waals surface area contributed by atoms with Crippen molar-refractivity contribution in [2.45, 2.75) is 19.9 Å². The molecular weight excluding hydrogens is 370 g/mol. The molecule has 0 bridgehead atoms. The number of nitro benzene ring substituents is 1. The highest BCUT2D eigenvalue weighted by molar-refractivity contribution is 7.13.